The Labute approximate surface area is 158 Å². The molecule has 1 aromatic carbocycles. The minimum absolute atomic E-state index is 0.0361. The second-order valence-electron chi connectivity index (χ2n) is 5.61. The predicted molar refractivity (Wildman–Crippen MR) is 98.7 cm³/mol. The van der Waals surface area contributed by atoms with Crippen LogP contribution in [0.25, 0.3) is 10.6 Å². The van der Waals surface area contributed by atoms with E-state index in [1.807, 2.05) is 6.07 Å². The van der Waals surface area contributed by atoms with Crippen LogP contribution in [-0.4, -0.2) is 38.2 Å². The van der Waals surface area contributed by atoms with Crippen LogP contribution >= 0.6 is 11.5 Å². The van der Waals surface area contributed by atoms with Crippen molar-refractivity contribution in [3.05, 3.63) is 66.0 Å². The topological polar surface area (TPSA) is 128 Å². The number of nitrogens with zero attached hydrogens (tertiary/aromatic N) is 3. The van der Waals surface area contributed by atoms with Crippen LogP contribution in [0.2, 0.25) is 0 Å². The number of ketones is 1. The molecule has 0 saturated carbocycles. The molecule has 1 unspecified atom stereocenters. The van der Waals surface area contributed by atoms with E-state index in [0.717, 1.165) is 17.1 Å². The van der Waals surface area contributed by atoms with Crippen molar-refractivity contribution in [1.29, 1.82) is 0 Å². The SMILES string of the molecule is NC(=O)C(=O)C(Cc1ccccc1)NC(=O)c1nnsc1-c1ccccn1. The molecule has 0 radical (unpaired) electrons. The standard InChI is InChI=1S/C18H15N5O3S/c19-17(25)15(24)13(10-11-6-2-1-3-7-11)21-18(26)14-16(27-23-22-14)12-8-4-5-9-20-12/h1-9,13H,10H2,(H2,19,25)(H,21,26). The minimum Gasteiger partial charge on any atom is -0.363 e. The van der Waals surface area contributed by atoms with E-state index in [4.69, 9.17) is 5.73 Å². The van der Waals surface area contributed by atoms with Gasteiger partial charge in [-0.25, -0.2) is 0 Å². The first-order valence-corrected chi connectivity index (χ1v) is 8.76. The van der Waals surface area contributed by atoms with Crippen LogP contribution < -0.4 is 11.1 Å². The number of aromatic nitrogens is 3. The summed E-state index contributed by atoms with van der Waals surface area (Å²) in [5, 5.41) is 6.39. The van der Waals surface area contributed by atoms with Gasteiger partial charge in [-0.15, -0.1) is 5.10 Å². The molecule has 0 aliphatic rings. The molecular formula is C18H15N5O3S. The van der Waals surface area contributed by atoms with E-state index in [-0.39, 0.29) is 12.1 Å². The van der Waals surface area contributed by atoms with Gasteiger partial charge < -0.3 is 11.1 Å². The van der Waals surface area contributed by atoms with Crippen LogP contribution in [0.3, 0.4) is 0 Å². The lowest BCUT2D eigenvalue weighted by atomic mass is 10.0. The van der Waals surface area contributed by atoms with Gasteiger partial charge in [-0.2, -0.15) is 0 Å². The second kappa shape index (κ2) is 8.28. The maximum Gasteiger partial charge on any atom is 0.287 e. The van der Waals surface area contributed by atoms with E-state index in [2.05, 4.69) is 19.9 Å². The highest BCUT2D eigenvalue weighted by molar-refractivity contribution is 7.09. The highest BCUT2D eigenvalue weighted by atomic mass is 32.1. The lowest BCUT2D eigenvalue weighted by Crippen LogP contribution is -2.47. The zero-order chi connectivity index (χ0) is 19.2. The van der Waals surface area contributed by atoms with Crippen molar-refractivity contribution in [3.8, 4) is 10.6 Å². The third-order valence-electron chi connectivity index (χ3n) is 3.75. The number of pyridine rings is 1. The lowest BCUT2D eigenvalue weighted by Gasteiger charge is -2.16. The minimum atomic E-state index is -1.11. The normalized spacial score (nSPS) is 11.6. The number of carbonyl (C=O) groups is 3. The Kier molecular flexibility index (Phi) is 5.62. The third kappa shape index (κ3) is 4.39. The summed E-state index contributed by atoms with van der Waals surface area (Å²) in [4.78, 5) is 40.9. The summed E-state index contributed by atoms with van der Waals surface area (Å²) in [6.07, 6.45) is 1.72. The number of primary amides is 1. The van der Waals surface area contributed by atoms with Crippen LogP contribution in [0.1, 0.15) is 16.1 Å². The Bertz CT molecular complexity index is 959. The monoisotopic (exact) mass is 381 g/mol. The number of amides is 2. The van der Waals surface area contributed by atoms with E-state index in [1.165, 1.54) is 0 Å². The molecule has 8 nitrogen and oxygen atoms in total. The molecule has 0 aliphatic carbocycles. The number of nitrogens with one attached hydrogen (secondary N) is 1. The first kappa shape index (κ1) is 18.3. The number of hydrogen-bond donors (Lipinski definition) is 2. The zero-order valence-corrected chi connectivity index (χ0v) is 14.8. The highest BCUT2D eigenvalue weighted by Gasteiger charge is 2.28. The first-order valence-electron chi connectivity index (χ1n) is 7.98. The van der Waals surface area contributed by atoms with Crippen molar-refractivity contribution < 1.29 is 14.4 Å². The summed E-state index contributed by atoms with van der Waals surface area (Å²) in [7, 11) is 0. The number of benzene rings is 1. The molecule has 2 aromatic heterocycles. The fourth-order valence-electron chi connectivity index (χ4n) is 2.46. The fraction of sp³-hybridized carbons (Fsp3) is 0.111. The molecule has 9 heteroatoms. The van der Waals surface area contributed by atoms with Crippen LogP contribution in [0.4, 0.5) is 0 Å². The van der Waals surface area contributed by atoms with Crippen molar-refractivity contribution in [3.63, 3.8) is 0 Å². The van der Waals surface area contributed by atoms with Crippen LogP contribution in [0.15, 0.2) is 54.7 Å². The van der Waals surface area contributed by atoms with Crippen LogP contribution in [-0.2, 0) is 16.0 Å². The van der Waals surface area contributed by atoms with Gasteiger partial charge in [0.15, 0.2) is 5.69 Å². The average Bonchev–Trinajstić information content (AvgIpc) is 3.18. The van der Waals surface area contributed by atoms with Gasteiger partial charge in [0.05, 0.1) is 5.69 Å². The molecule has 3 rings (SSSR count). The summed E-state index contributed by atoms with van der Waals surface area (Å²) in [5.74, 6) is -2.62. The number of nitrogens with two attached hydrogens (primary N) is 1. The van der Waals surface area contributed by atoms with Crippen molar-refractivity contribution >= 4 is 29.1 Å². The Morgan fingerprint density at radius 2 is 1.81 bits per heavy atom. The quantitative estimate of drug-likeness (QED) is 0.588. The predicted octanol–water partition coefficient (Wildman–Crippen LogP) is 0.996. The van der Waals surface area contributed by atoms with Crippen molar-refractivity contribution in [2.24, 2.45) is 5.73 Å². The lowest BCUT2D eigenvalue weighted by molar-refractivity contribution is -0.137. The van der Waals surface area contributed by atoms with Crippen molar-refractivity contribution in [1.82, 2.24) is 19.9 Å². The van der Waals surface area contributed by atoms with Crippen molar-refractivity contribution in [2.45, 2.75) is 12.5 Å². The Morgan fingerprint density at radius 1 is 1.07 bits per heavy atom. The first-order chi connectivity index (χ1) is 13.1. The number of rotatable bonds is 7. The molecule has 27 heavy (non-hydrogen) atoms. The summed E-state index contributed by atoms with van der Waals surface area (Å²) < 4.78 is 3.81. The molecule has 0 bridgehead atoms. The molecule has 3 aromatic rings. The van der Waals surface area contributed by atoms with Crippen molar-refractivity contribution in [2.75, 3.05) is 0 Å². The van der Waals surface area contributed by atoms with E-state index < -0.39 is 23.6 Å². The van der Waals surface area contributed by atoms with Gasteiger partial charge in [0.2, 0.25) is 5.78 Å². The molecule has 1 atom stereocenters. The Hall–Kier alpha value is -3.46. The zero-order valence-electron chi connectivity index (χ0n) is 14.0. The Morgan fingerprint density at radius 3 is 2.48 bits per heavy atom. The van der Waals surface area contributed by atoms with Gasteiger partial charge in [-0.1, -0.05) is 40.9 Å². The fourth-order valence-corrected chi connectivity index (χ4v) is 3.10. The van der Waals surface area contributed by atoms with E-state index in [1.54, 1.807) is 48.7 Å². The molecule has 2 heterocycles. The van der Waals surface area contributed by atoms with Crippen LogP contribution in [0.5, 0.6) is 0 Å². The Balaban J connectivity index is 1.84. The number of Topliss-reactive ketones (excluding diaryl/α,β-unsaturated/α-hetero) is 1. The highest BCUT2D eigenvalue weighted by Crippen LogP contribution is 2.23. The van der Waals surface area contributed by atoms with Gasteiger partial charge >= 0.3 is 0 Å². The van der Waals surface area contributed by atoms with Gasteiger partial charge in [0.25, 0.3) is 11.8 Å². The molecule has 0 spiro atoms. The van der Waals surface area contributed by atoms with Gasteiger partial charge in [0, 0.05) is 12.6 Å². The smallest absolute Gasteiger partial charge is 0.287 e. The molecule has 3 N–H and O–H groups in total. The maximum absolute atomic E-state index is 12.7. The summed E-state index contributed by atoms with van der Waals surface area (Å²) in [6, 6.07) is 13.1. The molecular weight excluding hydrogens is 366 g/mol. The summed E-state index contributed by atoms with van der Waals surface area (Å²) in [5.41, 5.74) is 6.48. The van der Waals surface area contributed by atoms with E-state index >= 15 is 0 Å². The van der Waals surface area contributed by atoms with Crippen LogP contribution in [0, 0.1) is 0 Å². The molecule has 0 fully saturated rings. The number of hydrogen-bond acceptors (Lipinski definition) is 7. The third-order valence-corrected chi connectivity index (χ3v) is 4.50. The maximum atomic E-state index is 12.7. The van der Waals surface area contributed by atoms with E-state index in [9.17, 15) is 14.4 Å². The number of carbonyl (C=O) groups excluding carboxylic acids is 3. The molecule has 136 valence electrons. The summed E-state index contributed by atoms with van der Waals surface area (Å²) >= 11 is 1.02. The second-order valence-corrected chi connectivity index (χ2v) is 6.36. The average molecular weight is 381 g/mol. The van der Waals surface area contributed by atoms with E-state index in [0.29, 0.717) is 10.6 Å². The van der Waals surface area contributed by atoms with Gasteiger partial charge in [-0.3, -0.25) is 19.4 Å². The molecule has 0 saturated heterocycles. The molecule has 2 amide bonds. The largest absolute Gasteiger partial charge is 0.363 e. The molecule has 0 aliphatic heterocycles. The van der Waals surface area contributed by atoms with Gasteiger partial charge in [0.1, 0.15) is 10.9 Å². The summed E-state index contributed by atoms with van der Waals surface area (Å²) in [6.45, 7) is 0. The van der Waals surface area contributed by atoms with Gasteiger partial charge in [-0.05, 0) is 29.2 Å².